The molecule has 1 saturated carbocycles. The smallest absolute Gasteiger partial charge is 0.0650 e. The zero-order valence-corrected chi connectivity index (χ0v) is 13.3. The molecule has 0 spiro atoms. The molecule has 1 aliphatic carbocycles. The highest BCUT2D eigenvalue weighted by Gasteiger charge is 2.35. The van der Waals surface area contributed by atoms with Crippen molar-refractivity contribution < 1.29 is 5.11 Å². The Hall–Kier alpha value is -0.0400. The van der Waals surface area contributed by atoms with E-state index in [0.29, 0.717) is 11.3 Å². The van der Waals surface area contributed by atoms with Gasteiger partial charge in [-0.25, -0.2) is 0 Å². The summed E-state index contributed by atoms with van der Waals surface area (Å²) in [5.74, 6) is 1.46. The Labute approximate surface area is 114 Å². The normalized spacial score (nSPS) is 32.0. The standard InChI is InChI=1S/C17H34O/c1-6-8-14(2)13-17(18)11-7-9-15(10-12-17)16(3,4)5/h14-15,18H,6-13H2,1-5H3. The molecule has 0 aromatic heterocycles. The van der Waals surface area contributed by atoms with Crippen LogP contribution in [-0.2, 0) is 0 Å². The Morgan fingerprint density at radius 2 is 1.89 bits per heavy atom. The van der Waals surface area contributed by atoms with E-state index in [4.69, 9.17) is 0 Å². The Bertz CT molecular complexity index is 240. The molecule has 0 amide bonds. The van der Waals surface area contributed by atoms with Gasteiger partial charge in [0.1, 0.15) is 0 Å². The second-order valence-electron chi connectivity index (χ2n) is 7.82. The summed E-state index contributed by atoms with van der Waals surface area (Å²) in [5.41, 5.74) is 0.0366. The lowest BCUT2D eigenvalue weighted by Gasteiger charge is -2.32. The molecule has 0 saturated heterocycles. The van der Waals surface area contributed by atoms with Crippen molar-refractivity contribution in [3.8, 4) is 0 Å². The second kappa shape index (κ2) is 6.41. The summed E-state index contributed by atoms with van der Waals surface area (Å²) >= 11 is 0. The lowest BCUT2D eigenvalue weighted by atomic mass is 9.76. The van der Waals surface area contributed by atoms with Crippen LogP contribution in [0.5, 0.6) is 0 Å². The average Bonchev–Trinajstić information content (AvgIpc) is 2.39. The van der Waals surface area contributed by atoms with Crippen LogP contribution in [0.25, 0.3) is 0 Å². The maximum absolute atomic E-state index is 10.8. The minimum absolute atomic E-state index is 0.366. The van der Waals surface area contributed by atoms with Gasteiger partial charge in [-0.2, -0.15) is 0 Å². The van der Waals surface area contributed by atoms with Gasteiger partial charge < -0.3 is 5.11 Å². The van der Waals surface area contributed by atoms with Gasteiger partial charge in [0.15, 0.2) is 0 Å². The molecule has 0 radical (unpaired) electrons. The summed E-state index contributed by atoms with van der Waals surface area (Å²) in [4.78, 5) is 0. The van der Waals surface area contributed by atoms with Crippen molar-refractivity contribution in [2.45, 2.75) is 91.6 Å². The van der Waals surface area contributed by atoms with Crippen molar-refractivity contribution in [2.24, 2.45) is 17.3 Å². The van der Waals surface area contributed by atoms with Gasteiger partial charge >= 0.3 is 0 Å². The van der Waals surface area contributed by atoms with Crippen molar-refractivity contribution >= 4 is 0 Å². The molecule has 1 heteroatoms. The zero-order valence-electron chi connectivity index (χ0n) is 13.3. The zero-order chi connectivity index (χ0) is 13.8. The van der Waals surface area contributed by atoms with E-state index in [1.165, 1.54) is 32.1 Å². The summed E-state index contributed by atoms with van der Waals surface area (Å²) in [7, 11) is 0. The number of aliphatic hydroxyl groups is 1. The topological polar surface area (TPSA) is 20.2 Å². The van der Waals surface area contributed by atoms with E-state index >= 15 is 0 Å². The third-order valence-corrected chi connectivity index (χ3v) is 4.89. The van der Waals surface area contributed by atoms with E-state index in [9.17, 15) is 5.11 Å². The van der Waals surface area contributed by atoms with Gasteiger partial charge in [-0.1, -0.05) is 53.9 Å². The molecule has 18 heavy (non-hydrogen) atoms. The summed E-state index contributed by atoms with van der Waals surface area (Å²) < 4.78 is 0. The first-order valence-electron chi connectivity index (χ1n) is 7.99. The third-order valence-electron chi connectivity index (χ3n) is 4.89. The van der Waals surface area contributed by atoms with Crippen molar-refractivity contribution in [3.05, 3.63) is 0 Å². The van der Waals surface area contributed by atoms with Crippen LogP contribution >= 0.6 is 0 Å². The Kier molecular flexibility index (Phi) is 5.70. The van der Waals surface area contributed by atoms with Gasteiger partial charge in [-0.15, -0.1) is 0 Å². The lowest BCUT2D eigenvalue weighted by Crippen LogP contribution is -2.30. The fraction of sp³-hybridized carbons (Fsp3) is 1.00. The summed E-state index contributed by atoms with van der Waals surface area (Å²) in [6.45, 7) is 11.6. The van der Waals surface area contributed by atoms with Crippen LogP contribution in [-0.4, -0.2) is 10.7 Å². The first-order valence-corrected chi connectivity index (χ1v) is 7.99. The van der Waals surface area contributed by atoms with Gasteiger partial charge in [-0.3, -0.25) is 0 Å². The third kappa shape index (κ3) is 4.91. The van der Waals surface area contributed by atoms with Gasteiger partial charge in [-0.05, 0) is 49.4 Å². The molecule has 1 fully saturated rings. The molecule has 108 valence electrons. The quantitative estimate of drug-likeness (QED) is 0.686. The van der Waals surface area contributed by atoms with Crippen LogP contribution in [0.4, 0.5) is 0 Å². The Balaban J connectivity index is 2.54. The predicted molar refractivity (Wildman–Crippen MR) is 79.7 cm³/mol. The lowest BCUT2D eigenvalue weighted by molar-refractivity contribution is -0.0000199. The van der Waals surface area contributed by atoms with E-state index in [2.05, 4.69) is 34.6 Å². The van der Waals surface area contributed by atoms with E-state index in [0.717, 1.165) is 25.2 Å². The minimum atomic E-state index is -0.366. The number of rotatable bonds is 4. The summed E-state index contributed by atoms with van der Waals surface area (Å²) in [6, 6.07) is 0. The average molecular weight is 254 g/mol. The largest absolute Gasteiger partial charge is 0.390 e. The molecule has 0 aliphatic heterocycles. The maximum Gasteiger partial charge on any atom is 0.0650 e. The summed E-state index contributed by atoms with van der Waals surface area (Å²) in [5, 5.41) is 10.8. The molecule has 0 aromatic carbocycles. The van der Waals surface area contributed by atoms with Crippen LogP contribution in [0.15, 0.2) is 0 Å². The van der Waals surface area contributed by atoms with Gasteiger partial charge in [0.2, 0.25) is 0 Å². The van der Waals surface area contributed by atoms with E-state index in [-0.39, 0.29) is 5.60 Å². The molecular formula is C17H34O. The molecule has 0 bridgehead atoms. The second-order valence-corrected chi connectivity index (χ2v) is 7.82. The molecule has 0 heterocycles. The van der Waals surface area contributed by atoms with Crippen LogP contribution < -0.4 is 0 Å². The molecule has 1 rings (SSSR count). The molecule has 1 aliphatic rings. The Morgan fingerprint density at radius 1 is 1.22 bits per heavy atom. The fourth-order valence-corrected chi connectivity index (χ4v) is 3.70. The monoisotopic (exact) mass is 254 g/mol. The molecule has 0 aromatic rings. The fourth-order valence-electron chi connectivity index (χ4n) is 3.70. The first-order chi connectivity index (χ1) is 8.27. The van der Waals surface area contributed by atoms with Crippen LogP contribution in [0.1, 0.15) is 86.0 Å². The number of hydrogen-bond acceptors (Lipinski definition) is 1. The van der Waals surface area contributed by atoms with E-state index < -0.39 is 0 Å². The molecule has 3 unspecified atom stereocenters. The van der Waals surface area contributed by atoms with Crippen molar-refractivity contribution in [1.29, 1.82) is 0 Å². The predicted octanol–water partition coefficient (Wildman–Crippen LogP) is 5.17. The minimum Gasteiger partial charge on any atom is -0.390 e. The van der Waals surface area contributed by atoms with Crippen LogP contribution in [0.3, 0.4) is 0 Å². The Morgan fingerprint density at radius 3 is 2.44 bits per heavy atom. The summed E-state index contributed by atoms with van der Waals surface area (Å²) in [6.07, 6.45) is 9.26. The van der Waals surface area contributed by atoms with E-state index in [1.807, 2.05) is 0 Å². The van der Waals surface area contributed by atoms with Crippen LogP contribution in [0, 0.1) is 17.3 Å². The highest BCUT2D eigenvalue weighted by Crippen LogP contribution is 2.41. The molecule has 1 N–H and O–H groups in total. The highest BCUT2D eigenvalue weighted by atomic mass is 16.3. The number of hydrogen-bond donors (Lipinski definition) is 1. The SMILES string of the molecule is CCCC(C)CC1(O)CCCC(C(C)(C)C)CC1. The molecule has 1 nitrogen and oxygen atoms in total. The van der Waals surface area contributed by atoms with Crippen LogP contribution in [0.2, 0.25) is 0 Å². The van der Waals surface area contributed by atoms with Crippen molar-refractivity contribution in [2.75, 3.05) is 0 Å². The highest BCUT2D eigenvalue weighted by molar-refractivity contribution is 4.87. The van der Waals surface area contributed by atoms with Gasteiger partial charge in [0.05, 0.1) is 5.60 Å². The van der Waals surface area contributed by atoms with E-state index in [1.54, 1.807) is 0 Å². The van der Waals surface area contributed by atoms with Gasteiger partial charge in [0.25, 0.3) is 0 Å². The maximum atomic E-state index is 10.8. The molecular weight excluding hydrogens is 220 g/mol. The molecule has 3 atom stereocenters. The van der Waals surface area contributed by atoms with Crippen molar-refractivity contribution in [1.82, 2.24) is 0 Å². The first kappa shape index (κ1) is 16.0. The van der Waals surface area contributed by atoms with Gasteiger partial charge in [0, 0.05) is 0 Å². The van der Waals surface area contributed by atoms with Crippen molar-refractivity contribution in [3.63, 3.8) is 0 Å².